The number of amides is 1. The molecule has 0 spiro atoms. The van der Waals surface area contributed by atoms with E-state index >= 15 is 0 Å². The Bertz CT molecular complexity index is 1200. The molecular formula is C28H31F6N5O. The van der Waals surface area contributed by atoms with Gasteiger partial charge in [0.05, 0.1) is 22.8 Å². The molecule has 2 saturated heterocycles. The lowest BCUT2D eigenvalue weighted by atomic mass is 10.1. The summed E-state index contributed by atoms with van der Waals surface area (Å²) in [4.78, 5) is 20.7. The lowest BCUT2D eigenvalue weighted by Crippen LogP contribution is -2.46. The summed E-state index contributed by atoms with van der Waals surface area (Å²) in [5.41, 5.74) is -0.889. The van der Waals surface area contributed by atoms with E-state index in [0.717, 1.165) is 43.5 Å². The number of anilines is 2. The fraction of sp³-hybridized carbons (Fsp3) is 0.500. The Morgan fingerprint density at radius 3 is 2.02 bits per heavy atom. The van der Waals surface area contributed by atoms with Crippen molar-refractivity contribution in [2.75, 3.05) is 68.7 Å². The topological polar surface area (TPSA) is 53.8 Å². The molecule has 4 rings (SSSR count). The molecule has 6 nitrogen and oxygen atoms in total. The van der Waals surface area contributed by atoms with E-state index in [0.29, 0.717) is 64.2 Å². The van der Waals surface area contributed by atoms with Crippen LogP contribution in [0.15, 0.2) is 42.5 Å². The van der Waals surface area contributed by atoms with Crippen molar-refractivity contribution in [2.24, 2.45) is 0 Å². The second kappa shape index (κ2) is 12.4. The van der Waals surface area contributed by atoms with Gasteiger partial charge in [-0.1, -0.05) is 0 Å². The zero-order chi connectivity index (χ0) is 28.9. The number of nitriles is 1. The molecule has 0 unspecified atom stereocenters. The molecule has 0 saturated carbocycles. The highest BCUT2D eigenvalue weighted by atomic mass is 19.4. The first kappa shape index (κ1) is 29.5. The van der Waals surface area contributed by atoms with Gasteiger partial charge in [0, 0.05) is 70.2 Å². The number of rotatable bonds is 6. The van der Waals surface area contributed by atoms with Gasteiger partial charge in [0.25, 0.3) is 0 Å². The molecule has 0 aromatic heterocycles. The highest BCUT2D eigenvalue weighted by Crippen LogP contribution is 2.35. The van der Waals surface area contributed by atoms with E-state index in [1.165, 1.54) is 24.3 Å². The molecule has 0 N–H and O–H groups in total. The Balaban J connectivity index is 1.21. The largest absolute Gasteiger partial charge is 0.417 e. The van der Waals surface area contributed by atoms with Crippen LogP contribution in [0.5, 0.6) is 0 Å². The minimum absolute atomic E-state index is 0.0149. The maximum atomic E-state index is 13.4. The van der Waals surface area contributed by atoms with Gasteiger partial charge in [-0.2, -0.15) is 31.6 Å². The third-order valence-electron chi connectivity index (χ3n) is 7.44. The Kier molecular flexibility index (Phi) is 9.13. The summed E-state index contributed by atoms with van der Waals surface area (Å²) < 4.78 is 78.5. The van der Waals surface area contributed by atoms with Crippen molar-refractivity contribution in [3.05, 3.63) is 59.2 Å². The molecule has 2 heterocycles. The Morgan fingerprint density at radius 2 is 1.40 bits per heavy atom. The summed E-state index contributed by atoms with van der Waals surface area (Å²) in [6, 6.07) is 10.5. The molecular weight excluding hydrogens is 536 g/mol. The van der Waals surface area contributed by atoms with Gasteiger partial charge in [0.1, 0.15) is 0 Å². The number of hydrogen-bond donors (Lipinski definition) is 0. The molecule has 1 amide bonds. The van der Waals surface area contributed by atoms with Gasteiger partial charge in [-0.15, -0.1) is 0 Å². The number of carbonyl (C=O) groups is 1. The number of nitrogens with zero attached hydrogens (tertiary/aromatic N) is 5. The van der Waals surface area contributed by atoms with E-state index in [9.17, 15) is 31.1 Å². The number of alkyl halides is 6. The average Bonchev–Trinajstić information content (AvgIpc) is 3.19. The lowest BCUT2D eigenvalue weighted by molar-refractivity contribution is -0.138. The van der Waals surface area contributed by atoms with Crippen molar-refractivity contribution in [1.82, 2.24) is 9.80 Å². The second-order valence-electron chi connectivity index (χ2n) is 10.0. The summed E-state index contributed by atoms with van der Waals surface area (Å²) in [5.74, 6) is 0.0149. The van der Waals surface area contributed by atoms with Crippen molar-refractivity contribution in [2.45, 2.75) is 31.6 Å². The van der Waals surface area contributed by atoms with Gasteiger partial charge in [0.15, 0.2) is 0 Å². The van der Waals surface area contributed by atoms with Crippen molar-refractivity contribution in [1.29, 1.82) is 5.26 Å². The summed E-state index contributed by atoms with van der Waals surface area (Å²) in [6.07, 6.45) is -7.31. The maximum absolute atomic E-state index is 13.4. The number of benzene rings is 2. The zero-order valence-electron chi connectivity index (χ0n) is 21.9. The molecule has 0 atom stereocenters. The van der Waals surface area contributed by atoms with Crippen LogP contribution in [0.4, 0.5) is 37.7 Å². The Labute approximate surface area is 229 Å². The Morgan fingerprint density at radius 1 is 0.775 bits per heavy atom. The number of carbonyl (C=O) groups excluding carboxylic acids is 1. The predicted octanol–water partition coefficient (Wildman–Crippen LogP) is 5.24. The molecule has 2 aromatic carbocycles. The van der Waals surface area contributed by atoms with E-state index in [1.54, 1.807) is 11.0 Å². The van der Waals surface area contributed by atoms with Gasteiger partial charge in [-0.3, -0.25) is 9.69 Å². The molecule has 40 heavy (non-hydrogen) atoms. The molecule has 0 bridgehead atoms. The van der Waals surface area contributed by atoms with Crippen LogP contribution in [-0.4, -0.2) is 74.6 Å². The fourth-order valence-corrected chi connectivity index (χ4v) is 5.19. The van der Waals surface area contributed by atoms with Crippen LogP contribution in [0.1, 0.15) is 36.0 Å². The van der Waals surface area contributed by atoms with Crippen LogP contribution in [0, 0.1) is 11.3 Å². The summed E-state index contributed by atoms with van der Waals surface area (Å²) in [5, 5.41) is 9.02. The van der Waals surface area contributed by atoms with E-state index < -0.39 is 29.0 Å². The molecule has 2 aromatic rings. The van der Waals surface area contributed by atoms with Gasteiger partial charge >= 0.3 is 12.4 Å². The standard InChI is InChI=1S/C28H31F6N5O/c29-27(30,31)22-5-8-23(9-6-22)38-15-13-36(14-16-38)10-1-3-26(40)39-12-2-11-37(17-18-39)24-7-4-21(20-35)25(19-24)28(32,33)34/h4-9,19H,1-3,10-18H2. The predicted molar refractivity (Wildman–Crippen MR) is 139 cm³/mol. The van der Waals surface area contributed by atoms with Crippen molar-refractivity contribution < 1.29 is 31.1 Å². The normalized spacial score (nSPS) is 17.5. The molecule has 2 fully saturated rings. The van der Waals surface area contributed by atoms with Crippen molar-refractivity contribution >= 4 is 17.3 Å². The molecule has 0 radical (unpaired) electrons. The van der Waals surface area contributed by atoms with Gasteiger partial charge in [-0.05, 0) is 61.9 Å². The van der Waals surface area contributed by atoms with Crippen molar-refractivity contribution in [3.63, 3.8) is 0 Å². The monoisotopic (exact) mass is 567 g/mol. The van der Waals surface area contributed by atoms with E-state index in [1.807, 2.05) is 4.90 Å². The SMILES string of the molecule is N#Cc1ccc(N2CCCN(C(=O)CCCN3CCN(c4ccc(C(F)(F)F)cc4)CC3)CC2)cc1C(F)(F)F. The van der Waals surface area contributed by atoms with Crippen LogP contribution in [0.3, 0.4) is 0 Å². The van der Waals surface area contributed by atoms with Gasteiger partial charge in [-0.25, -0.2) is 0 Å². The van der Waals surface area contributed by atoms with Crippen LogP contribution in [-0.2, 0) is 17.1 Å². The Hall–Kier alpha value is -3.46. The lowest BCUT2D eigenvalue weighted by Gasteiger charge is -2.36. The number of piperazine rings is 1. The highest BCUT2D eigenvalue weighted by Gasteiger charge is 2.34. The smallest absolute Gasteiger partial charge is 0.370 e. The fourth-order valence-electron chi connectivity index (χ4n) is 5.19. The van der Waals surface area contributed by atoms with Gasteiger partial charge in [0.2, 0.25) is 5.91 Å². The minimum atomic E-state index is -4.62. The second-order valence-corrected chi connectivity index (χ2v) is 10.0. The molecule has 2 aliphatic rings. The minimum Gasteiger partial charge on any atom is -0.370 e. The highest BCUT2D eigenvalue weighted by molar-refractivity contribution is 5.76. The molecule has 0 aliphatic carbocycles. The molecule has 12 heteroatoms. The number of hydrogen-bond acceptors (Lipinski definition) is 5. The zero-order valence-corrected chi connectivity index (χ0v) is 21.9. The first-order chi connectivity index (χ1) is 19.0. The molecule has 216 valence electrons. The first-order valence-electron chi connectivity index (χ1n) is 13.2. The quantitative estimate of drug-likeness (QED) is 0.448. The number of halogens is 6. The summed E-state index contributed by atoms with van der Waals surface area (Å²) in [7, 11) is 0. The third-order valence-corrected chi connectivity index (χ3v) is 7.44. The van der Waals surface area contributed by atoms with Gasteiger partial charge < -0.3 is 14.7 Å². The average molecular weight is 568 g/mol. The molecule has 2 aliphatic heterocycles. The summed E-state index contributed by atoms with van der Waals surface area (Å²) >= 11 is 0. The van der Waals surface area contributed by atoms with E-state index in [4.69, 9.17) is 5.26 Å². The van der Waals surface area contributed by atoms with Crippen LogP contribution < -0.4 is 9.80 Å². The maximum Gasteiger partial charge on any atom is 0.417 e. The van der Waals surface area contributed by atoms with Crippen molar-refractivity contribution in [3.8, 4) is 6.07 Å². The van der Waals surface area contributed by atoms with E-state index in [-0.39, 0.29) is 5.91 Å². The first-order valence-corrected chi connectivity index (χ1v) is 13.2. The summed E-state index contributed by atoms with van der Waals surface area (Å²) in [6.45, 7) is 5.46. The van der Waals surface area contributed by atoms with Crippen LogP contribution in [0.2, 0.25) is 0 Å². The van der Waals surface area contributed by atoms with E-state index in [2.05, 4.69) is 9.80 Å². The van der Waals surface area contributed by atoms with Crippen LogP contribution >= 0.6 is 0 Å². The third kappa shape index (κ3) is 7.38. The van der Waals surface area contributed by atoms with Crippen LogP contribution in [0.25, 0.3) is 0 Å².